The zero-order valence-electron chi connectivity index (χ0n) is 13.6. The molecular weight excluding hydrogens is 310 g/mol. The molecule has 0 fully saturated rings. The highest BCUT2D eigenvalue weighted by atomic mass is 35.5. The average molecular weight is 332 g/mol. The van der Waals surface area contributed by atoms with Gasteiger partial charge in [0.05, 0.1) is 13.2 Å². The zero-order chi connectivity index (χ0) is 16.7. The van der Waals surface area contributed by atoms with Crippen molar-refractivity contribution in [2.24, 2.45) is 4.99 Å². The molecule has 0 heterocycles. The fourth-order valence-electron chi connectivity index (χ4n) is 2.27. The van der Waals surface area contributed by atoms with Crippen molar-refractivity contribution >= 4 is 17.6 Å². The molecule has 0 saturated heterocycles. The maximum Gasteiger partial charge on any atom is 0.191 e. The Morgan fingerprint density at radius 3 is 2.61 bits per heavy atom. The van der Waals surface area contributed by atoms with Gasteiger partial charge in [-0.05, 0) is 24.6 Å². The molecule has 4 nitrogen and oxygen atoms in total. The molecule has 0 aliphatic carbocycles. The summed E-state index contributed by atoms with van der Waals surface area (Å²) in [7, 11) is 3.39. The maximum atomic E-state index is 5.99. The van der Waals surface area contributed by atoms with Gasteiger partial charge in [0.15, 0.2) is 5.96 Å². The summed E-state index contributed by atoms with van der Waals surface area (Å²) in [6.45, 7) is 2.70. The summed E-state index contributed by atoms with van der Waals surface area (Å²) in [6.07, 6.45) is 0. The van der Waals surface area contributed by atoms with Crippen molar-refractivity contribution in [3.05, 3.63) is 64.7 Å². The van der Waals surface area contributed by atoms with E-state index in [1.165, 1.54) is 5.56 Å². The minimum absolute atomic E-state index is 0.162. The molecule has 0 aromatic heterocycles. The van der Waals surface area contributed by atoms with E-state index in [2.05, 4.69) is 34.7 Å². The van der Waals surface area contributed by atoms with Gasteiger partial charge < -0.3 is 15.4 Å². The molecule has 0 saturated carbocycles. The van der Waals surface area contributed by atoms with Gasteiger partial charge in [-0.3, -0.25) is 4.99 Å². The van der Waals surface area contributed by atoms with Crippen molar-refractivity contribution in [3.63, 3.8) is 0 Å². The zero-order valence-corrected chi connectivity index (χ0v) is 14.4. The van der Waals surface area contributed by atoms with Crippen LogP contribution >= 0.6 is 11.6 Å². The van der Waals surface area contributed by atoms with E-state index in [1.807, 2.05) is 30.3 Å². The average Bonchev–Trinajstić information content (AvgIpc) is 2.59. The van der Waals surface area contributed by atoms with E-state index in [9.17, 15) is 0 Å². The number of hydrogen-bond acceptors (Lipinski definition) is 2. The Morgan fingerprint density at radius 1 is 1.22 bits per heavy atom. The van der Waals surface area contributed by atoms with Gasteiger partial charge in [-0.1, -0.05) is 48.0 Å². The third-order valence-electron chi connectivity index (χ3n) is 3.57. The first kappa shape index (κ1) is 17.2. The molecule has 122 valence electrons. The Bertz CT molecular complexity index is 659. The number of benzene rings is 2. The van der Waals surface area contributed by atoms with Crippen molar-refractivity contribution in [2.75, 3.05) is 14.2 Å². The highest BCUT2D eigenvalue weighted by Gasteiger charge is 2.09. The molecule has 0 aliphatic heterocycles. The Kier molecular flexibility index (Phi) is 6.29. The molecule has 0 amide bonds. The summed E-state index contributed by atoms with van der Waals surface area (Å²) < 4.78 is 5.36. The van der Waals surface area contributed by atoms with Gasteiger partial charge in [0.2, 0.25) is 0 Å². The lowest BCUT2D eigenvalue weighted by atomic mass is 10.1. The summed E-state index contributed by atoms with van der Waals surface area (Å²) in [6, 6.07) is 16.0. The van der Waals surface area contributed by atoms with E-state index in [0.717, 1.165) is 17.3 Å². The number of nitrogens with zero attached hydrogens (tertiary/aromatic N) is 1. The predicted octanol–water partition coefficient (Wildman–Crippen LogP) is 3.77. The molecule has 0 radical (unpaired) electrons. The molecule has 0 aliphatic rings. The predicted molar refractivity (Wildman–Crippen MR) is 96.2 cm³/mol. The van der Waals surface area contributed by atoms with Crippen LogP contribution in [0.2, 0.25) is 5.02 Å². The molecular formula is C18H22ClN3O. The maximum absolute atomic E-state index is 5.99. The molecule has 2 aromatic rings. The molecule has 0 spiro atoms. The van der Waals surface area contributed by atoms with Crippen molar-refractivity contribution < 1.29 is 4.74 Å². The molecule has 1 atom stereocenters. The molecule has 2 rings (SSSR count). The number of guanidine groups is 1. The highest BCUT2D eigenvalue weighted by Crippen LogP contribution is 2.22. The quantitative estimate of drug-likeness (QED) is 0.647. The smallest absolute Gasteiger partial charge is 0.191 e. The lowest BCUT2D eigenvalue weighted by Crippen LogP contribution is -2.38. The fourth-order valence-corrected chi connectivity index (χ4v) is 2.43. The van der Waals surface area contributed by atoms with Crippen LogP contribution in [-0.4, -0.2) is 20.1 Å². The lowest BCUT2D eigenvalue weighted by Gasteiger charge is -2.19. The monoisotopic (exact) mass is 331 g/mol. The van der Waals surface area contributed by atoms with Crippen LogP contribution in [0.25, 0.3) is 0 Å². The minimum Gasteiger partial charge on any atom is -0.496 e. The van der Waals surface area contributed by atoms with Crippen molar-refractivity contribution in [3.8, 4) is 5.75 Å². The van der Waals surface area contributed by atoms with Gasteiger partial charge in [0, 0.05) is 24.2 Å². The first-order valence-corrected chi connectivity index (χ1v) is 7.86. The number of rotatable bonds is 5. The van der Waals surface area contributed by atoms with E-state index >= 15 is 0 Å². The molecule has 5 heteroatoms. The number of hydrogen-bond donors (Lipinski definition) is 2. The van der Waals surface area contributed by atoms with Crippen LogP contribution in [0.15, 0.2) is 53.5 Å². The van der Waals surface area contributed by atoms with E-state index in [1.54, 1.807) is 20.2 Å². The van der Waals surface area contributed by atoms with Gasteiger partial charge in [0.1, 0.15) is 5.75 Å². The Balaban J connectivity index is 1.98. The molecule has 2 N–H and O–H groups in total. The Morgan fingerprint density at radius 2 is 1.96 bits per heavy atom. The fraction of sp³-hybridized carbons (Fsp3) is 0.278. The minimum atomic E-state index is 0.162. The summed E-state index contributed by atoms with van der Waals surface area (Å²) in [5, 5.41) is 7.33. The number of nitrogens with one attached hydrogen (secondary N) is 2. The molecule has 23 heavy (non-hydrogen) atoms. The number of halogens is 1. The first-order chi connectivity index (χ1) is 11.1. The lowest BCUT2D eigenvalue weighted by molar-refractivity contribution is 0.409. The normalized spacial score (nSPS) is 12.6. The van der Waals surface area contributed by atoms with Gasteiger partial charge in [0.25, 0.3) is 0 Å². The summed E-state index contributed by atoms with van der Waals surface area (Å²) in [5.41, 5.74) is 2.23. The van der Waals surface area contributed by atoms with Crippen LogP contribution in [0.1, 0.15) is 24.1 Å². The largest absolute Gasteiger partial charge is 0.496 e. The molecule has 0 bridgehead atoms. The summed E-state index contributed by atoms with van der Waals surface area (Å²) in [4.78, 5) is 4.27. The van der Waals surface area contributed by atoms with Gasteiger partial charge in [-0.2, -0.15) is 0 Å². The van der Waals surface area contributed by atoms with E-state index in [4.69, 9.17) is 16.3 Å². The highest BCUT2D eigenvalue weighted by molar-refractivity contribution is 6.30. The van der Waals surface area contributed by atoms with Crippen LogP contribution in [0.3, 0.4) is 0 Å². The van der Waals surface area contributed by atoms with Crippen LogP contribution < -0.4 is 15.4 Å². The topological polar surface area (TPSA) is 45.7 Å². The van der Waals surface area contributed by atoms with Gasteiger partial charge in [-0.15, -0.1) is 0 Å². The Hall–Kier alpha value is -2.20. The summed E-state index contributed by atoms with van der Waals surface area (Å²) >= 11 is 5.99. The van der Waals surface area contributed by atoms with Crippen LogP contribution in [0.5, 0.6) is 5.75 Å². The van der Waals surface area contributed by atoms with Crippen molar-refractivity contribution in [1.29, 1.82) is 0 Å². The van der Waals surface area contributed by atoms with Gasteiger partial charge in [-0.25, -0.2) is 0 Å². The summed E-state index contributed by atoms with van der Waals surface area (Å²) in [5.74, 6) is 1.50. The Labute approximate surface area is 142 Å². The van der Waals surface area contributed by atoms with Crippen LogP contribution in [-0.2, 0) is 6.54 Å². The van der Waals surface area contributed by atoms with Crippen LogP contribution in [0.4, 0.5) is 0 Å². The van der Waals surface area contributed by atoms with Crippen LogP contribution in [0, 0.1) is 0 Å². The van der Waals surface area contributed by atoms with E-state index < -0.39 is 0 Å². The number of aliphatic imine (C=N–C) groups is 1. The van der Waals surface area contributed by atoms with E-state index in [0.29, 0.717) is 11.6 Å². The van der Waals surface area contributed by atoms with Gasteiger partial charge >= 0.3 is 0 Å². The molecule has 1 unspecified atom stereocenters. The standard InChI is InChI=1S/C18H22ClN3O/c1-13(14-7-5-4-6-8-14)22-18(20-2)21-12-15-9-10-16(19)11-17(15)23-3/h4-11,13H,12H2,1-3H3,(H2,20,21,22). The second-order valence-corrected chi connectivity index (χ2v) is 5.60. The van der Waals surface area contributed by atoms with E-state index in [-0.39, 0.29) is 6.04 Å². The van der Waals surface area contributed by atoms with Crippen molar-refractivity contribution in [2.45, 2.75) is 19.5 Å². The third-order valence-corrected chi connectivity index (χ3v) is 3.81. The third kappa shape index (κ3) is 4.89. The van der Waals surface area contributed by atoms with Crippen molar-refractivity contribution in [1.82, 2.24) is 10.6 Å². The first-order valence-electron chi connectivity index (χ1n) is 7.48. The second-order valence-electron chi connectivity index (χ2n) is 5.16. The molecule has 2 aromatic carbocycles. The SMILES string of the molecule is CN=C(NCc1ccc(Cl)cc1OC)NC(C)c1ccccc1. The number of methoxy groups -OCH3 is 1. The second kappa shape index (κ2) is 8.44. The number of ether oxygens (including phenoxy) is 1.